The largest absolute Gasteiger partial charge is 0.337 e. The minimum atomic E-state index is 0.0298. The summed E-state index contributed by atoms with van der Waals surface area (Å²) in [7, 11) is 0. The zero-order valence-corrected chi connectivity index (χ0v) is 12.5. The van der Waals surface area contributed by atoms with Crippen molar-refractivity contribution in [2.45, 2.75) is 32.2 Å². The molecule has 1 aromatic carbocycles. The van der Waals surface area contributed by atoms with Gasteiger partial charge < -0.3 is 9.47 Å². The number of nitrogens with zero attached hydrogens (tertiary/aromatic N) is 3. The van der Waals surface area contributed by atoms with Gasteiger partial charge in [0.25, 0.3) is 0 Å². The fourth-order valence-corrected chi connectivity index (χ4v) is 3.25. The number of hydrogen-bond donors (Lipinski definition) is 0. The highest BCUT2D eigenvalue weighted by Crippen LogP contribution is 2.28. The summed E-state index contributed by atoms with van der Waals surface area (Å²) in [5.74, 6) is 1.14. The van der Waals surface area contributed by atoms with Gasteiger partial charge in [-0.1, -0.05) is 25.6 Å². The molecule has 0 spiro atoms. The van der Waals surface area contributed by atoms with Crippen LogP contribution in [0.4, 0.5) is 0 Å². The van der Waals surface area contributed by atoms with Crippen molar-refractivity contribution in [2.75, 3.05) is 13.1 Å². The molecule has 0 radical (unpaired) electrons. The second-order valence-electron chi connectivity index (χ2n) is 5.52. The van der Waals surface area contributed by atoms with Gasteiger partial charge in [0.2, 0.25) is 5.91 Å². The molecule has 1 aromatic heterocycles. The number of para-hydroxylation sites is 2. The first-order valence-corrected chi connectivity index (χ1v) is 7.61. The Hall–Kier alpha value is -2.10. The van der Waals surface area contributed by atoms with E-state index in [2.05, 4.69) is 36.3 Å². The third-order valence-corrected chi connectivity index (χ3v) is 4.23. The Bertz CT molecular complexity index is 674. The number of piperidine rings is 1. The first-order valence-electron chi connectivity index (χ1n) is 7.61. The standard InChI is InChI=1S/C17H21N3O/c1-3-16-18-14-9-5-6-10-15(14)20(16)13-8-7-11-19(12-13)17(21)4-2/h4-6,9-10,13H,2-3,7-8,11-12H2,1H3. The van der Waals surface area contributed by atoms with E-state index in [0.29, 0.717) is 6.04 Å². The molecule has 4 heteroatoms. The summed E-state index contributed by atoms with van der Waals surface area (Å²) < 4.78 is 2.33. The van der Waals surface area contributed by atoms with Gasteiger partial charge in [-0.25, -0.2) is 4.98 Å². The minimum Gasteiger partial charge on any atom is -0.337 e. The first kappa shape index (κ1) is 13.9. The number of rotatable bonds is 3. The molecule has 21 heavy (non-hydrogen) atoms. The predicted octanol–water partition coefficient (Wildman–Crippen LogP) is 2.95. The van der Waals surface area contributed by atoms with Crippen molar-refractivity contribution in [3.8, 4) is 0 Å². The molecule has 1 fully saturated rings. The Labute approximate surface area is 125 Å². The maximum Gasteiger partial charge on any atom is 0.246 e. The van der Waals surface area contributed by atoms with E-state index in [4.69, 9.17) is 4.98 Å². The van der Waals surface area contributed by atoms with Gasteiger partial charge in [-0.15, -0.1) is 0 Å². The SMILES string of the molecule is C=CC(=O)N1CCCC(n2c(CC)nc3ccccc32)C1. The van der Waals surface area contributed by atoms with Crippen LogP contribution in [0.3, 0.4) is 0 Å². The molecule has 0 bridgehead atoms. The highest BCUT2D eigenvalue weighted by Gasteiger charge is 2.26. The molecule has 1 unspecified atom stereocenters. The van der Waals surface area contributed by atoms with Gasteiger partial charge in [0, 0.05) is 19.5 Å². The first-order chi connectivity index (χ1) is 10.2. The Morgan fingerprint density at radius 2 is 2.29 bits per heavy atom. The molecular weight excluding hydrogens is 262 g/mol. The van der Waals surface area contributed by atoms with Crippen LogP contribution in [0.15, 0.2) is 36.9 Å². The highest BCUT2D eigenvalue weighted by molar-refractivity contribution is 5.87. The lowest BCUT2D eigenvalue weighted by Crippen LogP contribution is -2.40. The van der Waals surface area contributed by atoms with E-state index in [0.717, 1.165) is 43.7 Å². The van der Waals surface area contributed by atoms with E-state index in [1.54, 1.807) is 0 Å². The van der Waals surface area contributed by atoms with Crippen molar-refractivity contribution in [1.82, 2.24) is 14.5 Å². The molecular formula is C17H21N3O. The molecule has 2 aromatic rings. The third kappa shape index (κ3) is 2.46. The maximum absolute atomic E-state index is 11.9. The van der Waals surface area contributed by atoms with Crippen LogP contribution in [0.25, 0.3) is 11.0 Å². The van der Waals surface area contributed by atoms with Crippen LogP contribution in [0, 0.1) is 0 Å². The van der Waals surface area contributed by atoms with Crippen molar-refractivity contribution in [1.29, 1.82) is 0 Å². The maximum atomic E-state index is 11.9. The number of hydrogen-bond acceptors (Lipinski definition) is 2. The van der Waals surface area contributed by atoms with Crippen LogP contribution in [-0.4, -0.2) is 33.4 Å². The Kier molecular flexibility index (Phi) is 3.78. The van der Waals surface area contributed by atoms with Gasteiger partial charge in [0.1, 0.15) is 5.82 Å². The quantitative estimate of drug-likeness (QED) is 0.812. The van der Waals surface area contributed by atoms with Gasteiger partial charge in [-0.2, -0.15) is 0 Å². The molecule has 110 valence electrons. The molecule has 1 aliphatic heterocycles. The van der Waals surface area contributed by atoms with Crippen LogP contribution in [-0.2, 0) is 11.2 Å². The zero-order chi connectivity index (χ0) is 14.8. The monoisotopic (exact) mass is 283 g/mol. The average molecular weight is 283 g/mol. The van der Waals surface area contributed by atoms with Crippen molar-refractivity contribution >= 4 is 16.9 Å². The Morgan fingerprint density at radius 3 is 3.05 bits per heavy atom. The van der Waals surface area contributed by atoms with E-state index >= 15 is 0 Å². The molecule has 2 heterocycles. The van der Waals surface area contributed by atoms with Crippen molar-refractivity contribution in [2.24, 2.45) is 0 Å². The van der Waals surface area contributed by atoms with Crippen LogP contribution in [0.1, 0.15) is 31.6 Å². The van der Waals surface area contributed by atoms with E-state index in [9.17, 15) is 4.79 Å². The number of imidazole rings is 1. The Morgan fingerprint density at radius 1 is 1.48 bits per heavy atom. The lowest BCUT2D eigenvalue weighted by Gasteiger charge is -2.33. The average Bonchev–Trinajstić information content (AvgIpc) is 2.92. The number of fused-ring (bicyclic) bond motifs is 1. The minimum absolute atomic E-state index is 0.0298. The number of benzene rings is 1. The second kappa shape index (κ2) is 5.72. The van der Waals surface area contributed by atoms with Gasteiger partial charge in [0.05, 0.1) is 17.1 Å². The number of carbonyl (C=O) groups is 1. The highest BCUT2D eigenvalue weighted by atomic mass is 16.2. The number of aryl methyl sites for hydroxylation is 1. The summed E-state index contributed by atoms with van der Waals surface area (Å²) in [5, 5.41) is 0. The summed E-state index contributed by atoms with van der Waals surface area (Å²) in [5.41, 5.74) is 2.22. The summed E-state index contributed by atoms with van der Waals surface area (Å²) in [4.78, 5) is 18.5. The van der Waals surface area contributed by atoms with Gasteiger partial charge in [-0.3, -0.25) is 4.79 Å². The molecule has 1 saturated heterocycles. The van der Waals surface area contributed by atoms with E-state index in [1.165, 1.54) is 11.6 Å². The van der Waals surface area contributed by atoms with E-state index < -0.39 is 0 Å². The summed E-state index contributed by atoms with van der Waals surface area (Å²) in [6.07, 6.45) is 4.43. The van der Waals surface area contributed by atoms with Crippen LogP contribution < -0.4 is 0 Å². The summed E-state index contributed by atoms with van der Waals surface area (Å²) in [6.45, 7) is 7.31. The molecule has 0 N–H and O–H groups in total. The van der Waals surface area contributed by atoms with Gasteiger partial charge in [-0.05, 0) is 31.1 Å². The zero-order valence-electron chi connectivity index (χ0n) is 12.5. The van der Waals surface area contributed by atoms with E-state index in [-0.39, 0.29) is 5.91 Å². The second-order valence-corrected chi connectivity index (χ2v) is 5.52. The molecule has 1 amide bonds. The van der Waals surface area contributed by atoms with Crippen molar-refractivity contribution < 1.29 is 4.79 Å². The molecule has 0 aliphatic carbocycles. The molecule has 1 atom stereocenters. The molecule has 0 saturated carbocycles. The van der Waals surface area contributed by atoms with Crippen LogP contribution in [0.2, 0.25) is 0 Å². The number of aromatic nitrogens is 2. The lowest BCUT2D eigenvalue weighted by molar-refractivity contribution is -0.127. The number of amides is 1. The van der Waals surface area contributed by atoms with Gasteiger partial charge in [0.15, 0.2) is 0 Å². The molecule has 4 nitrogen and oxygen atoms in total. The van der Waals surface area contributed by atoms with Crippen LogP contribution >= 0.6 is 0 Å². The molecule has 1 aliphatic rings. The van der Waals surface area contributed by atoms with E-state index in [1.807, 2.05) is 11.0 Å². The fraction of sp³-hybridized carbons (Fsp3) is 0.412. The third-order valence-electron chi connectivity index (χ3n) is 4.23. The van der Waals surface area contributed by atoms with Crippen LogP contribution in [0.5, 0.6) is 0 Å². The van der Waals surface area contributed by atoms with Crippen molar-refractivity contribution in [3.63, 3.8) is 0 Å². The normalized spacial score (nSPS) is 18.9. The fourth-order valence-electron chi connectivity index (χ4n) is 3.25. The number of likely N-dealkylation sites (tertiary alicyclic amines) is 1. The summed E-state index contributed by atoms with van der Waals surface area (Å²) >= 11 is 0. The van der Waals surface area contributed by atoms with Gasteiger partial charge >= 0.3 is 0 Å². The smallest absolute Gasteiger partial charge is 0.246 e. The number of carbonyl (C=O) groups excluding carboxylic acids is 1. The topological polar surface area (TPSA) is 38.1 Å². The molecule has 3 rings (SSSR count). The predicted molar refractivity (Wildman–Crippen MR) is 84.2 cm³/mol. The Balaban J connectivity index is 1.99. The lowest BCUT2D eigenvalue weighted by atomic mass is 10.0. The van der Waals surface area contributed by atoms with Crippen molar-refractivity contribution in [3.05, 3.63) is 42.7 Å². The summed E-state index contributed by atoms with van der Waals surface area (Å²) in [6, 6.07) is 8.56.